The summed E-state index contributed by atoms with van der Waals surface area (Å²) in [4.78, 5) is 10.8. The van der Waals surface area contributed by atoms with Crippen LogP contribution >= 0.6 is 0 Å². The number of furan rings is 1. The van der Waals surface area contributed by atoms with E-state index in [0.29, 0.717) is 5.82 Å². The minimum atomic E-state index is 0.262. The van der Waals surface area contributed by atoms with Gasteiger partial charge in [0.05, 0.1) is 16.7 Å². The van der Waals surface area contributed by atoms with Gasteiger partial charge in [-0.15, -0.1) is 0 Å². The minimum Gasteiger partial charge on any atom is -0.456 e. The van der Waals surface area contributed by atoms with Gasteiger partial charge in [-0.3, -0.25) is 0 Å². The number of hydrogen-bond acceptors (Lipinski definition) is 3. The fourth-order valence-corrected chi connectivity index (χ4v) is 11.3. The fraction of sp³-hybridized carbons (Fsp3) is 0.0448. The van der Waals surface area contributed by atoms with Crippen molar-refractivity contribution < 1.29 is 4.42 Å². The van der Waals surface area contributed by atoms with Crippen LogP contribution in [0.5, 0.6) is 0 Å². The van der Waals surface area contributed by atoms with Gasteiger partial charge in [0.1, 0.15) is 16.7 Å². The summed E-state index contributed by atoms with van der Waals surface area (Å²) in [5.41, 5.74) is 22.4. The summed E-state index contributed by atoms with van der Waals surface area (Å²) < 4.78 is 9.02. The Morgan fingerprint density at radius 1 is 0.423 bits per heavy atom. The van der Waals surface area contributed by atoms with Crippen LogP contribution in [-0.2, 0) is 6.42 Å². The summed E-state index contributed by atoms with van der Waals surface area (Å²) in [6, 6.07) is 87.4. The average Bonchev–Trinajstić information content (AvgIpc) is 3.94. The third-order valence-corrected chi connectivity index (χ3v) is 14.7. The van der Waals surface area contributed by atoms with Crippen LogP contribution in [0.25, 0.3) is 117 Å². The van der Waals surface area contributed by atoms with Crippen molar-refractivity contribution in [2.45, 2.75) is 18.8 Å². The van der Waals surface area contributed by atoms with E-state index in [0.717, 1.165) is 95.9 Å². The van der Waals surface area contributed by atoms with Crippen molar-refractivity contribution in [2.75, 3.05) is 0 Å². The summed E-state index contributed by atoms with van der Waals surface area (Å²) in [6.45, 7) is 0. The number of benzene rings is 10. The third-order valence-electron chi connectivity index (χ3n) is 14.7. The van der Waals surface area contributed by atoms with Crippen molar-refractivity contribution in [2.24, 2.45) is 0 Å². The molecule has 10 aromatic carbocycles. The van der Waals surface area contributed by atoms with Gasteiger partial charge < -0.3 is 8.98 Å². The van der Waals surface area contributed by atoms with E-state index in [4.69, 9.17) is 14.4 Å². The second-order valence-corrected chi connectivity index (χ2v) is 18.8. The fourth-order valence-electron chi connectivity index (χ4n) is 11.3. The van der Waals surface area contributed by atoms with E-state index >= 15 is 0 Å². The Bertz CT molecular complexity index is 4160. The predicted octanol–water partition coefficient (Wildman–Crippen LogP) is 17.6. The Morgan fingerprint density at radius 3 is 1.87 bits per heavy atom. The van der Waals surface area contributed by atoms with Crippen molar-refractivity contribution in [1.82, 2.24) is 14.5 Å². The Balaban J connectivity index is 0.932. The highest BCUT2D eigenvalue weighted by atomic mass is 16.3. The van der Waals surface area contributed by atoms with Gasteiger partial charge in [0.2, 0.25) is 0 Å². The van der Waals surface area contributed by atoms with Crippen LogP contribution in [0.2, 0.25) is 0 Å². The number of para-hydroxylation sites is 1. The first-order valence-electron chi connectivity index (χ1n) is 24.6. The summed E-state index contributed by atoms with van der Waals surface area (Å²) in [6.07, 6.45) is 2.06. The van der Waals surface area contributed by atoms with Crippen molar-refractivity contribution in [3.05, 3.63) is 259 Å². The molecule has 0 aliphatic heterocycles. The topological polar surface area (TPSA) is 43.9 Å². The van der Waals surface area contributed by atoms with E-state index in [1.807, 2.05) is 18.2 Å². The SMILES string of the molecule is c1ccc(-c2cccc(C3CCc4ccccc4-c4cc(-c5ccc6oc7cccc(-c8ccc9c(c8)c8nc(-c%10ccccc%10)nc(-c%10ccccc%10)c8n9-c8ccccc8)c7c6c5)ccc43)c2)cc1. The molecule has 3 aromatic heterocycles. The summed E-state index contributed by atoms with van der Waals surface area (Å²) in [7, 11) is 0. The van der Waals surface area contributed by atoms with Crippen molar-refractivity contribution in [1.29, 1.82) is 0 Å². The molecule has 1 aliphatic carbocycles. The number of aryl methyl sites for hydroxylation is 1. The van der Waals surface area contributed by atoms with Crippen LogP contribution in [0.4, 0.5) is 0 Å². The normalized spacial score (nSPS) is 13.4. The Kier molecular flexibility index (Phi) is 9.70. The zero-order valence-electron chi connectivity index (χ0n) is 38.8. The smallest absolute Gasteiger partial charge is 0.160 e. The standard InChI is InChI=1S/C67H45N3O/c1-5-17-43(18-6-1)47-24-15-25-50(39-47)54-35-31-44-19-13-14-28-53(44)57-40-48(32-36-56(54)57)49-34-38-61-59(41-49)63-55(29-16-30-62(63)71-61)51-33-37-60-58(42-51)65-66(70(60)52-26-11-4-12-27-52)64(45-20-7-2-8-21-45)68-67(69-65)46-22-9-3-10-23-46/h1-30,32-34,36-42,54H,31,35H2. The number of rotatable bonds is 7. The molecule has 1 unspecified atom stereocenters. The molecule has 0 amide bonds. The van der Waals surface area contributed by atoms with Gasteiger partial charge in [0.25, 0.3) is 0 Å². The zero-order valence-corrected chi connectivity index (χ0v) is 38.8. The number of hydrogen-bond donors (Lipinski definition) is 0. The second-order valence-electron chi connectivity index (χ2n) is 18.8. The van der Waals surface area contributed by atoms with E-state index in [1.54, 1.807) is 0 Å². The molecule has 3 heterocycles. The number of nitrogens with zero attached hydrogens (tertiary/aromatic N) is 3. The molecule has 13 aromatic rings. The quantitative estimate of drug-likeness (QED) is 0.160. The minimum absolute atomic E-state index is 0.262. The summed E-state index contributed by atoms with van der Waals surface area (Å²) in [5.74, 6) is 0.956. The molecule has 1 atom stereocenters. The molecule has 0 saturated carbocycles. The van der Waals surface area contributed by atoms with E-state index < -0.39 is 0 Å². The lowest BCUT2D eigenvalue weighted by atomic mass is 9.83. The van der Waals surface area contributed by atoms with Gasteiger partial charge in [-0.2, -0.15) is 0 Å². The Labute approximate surface area is 411 Å². The van der Waals surface area contributed by atoms with Crippen LogP contribution in [0.15, 0.2) is 247 Å². The molecular weight excluding hydrogens is 863 g/mol. The summed E-state index contributed by atoms with van der Waals surface area (Å²) in [5, 5.41) is 3.24. The molecule has 71 heavy (non-hydrogen) atoms. The van der Waals surface area contributed by atoms with Crippen LogP contribution in [-0.4, -0.2) is 14.5 Å². The molecule has 0 spiro atoms. The van der Waals surface area contributed by atoms with Crippen LogP contribution < -0.4 is 0 Å². The lowest BCUT2D eigenvalue weighted by molar-refractivity contribution is 0.669. The first kappa shape index (κ1) is 40.9. The van der Waals surface area contributed by atoms with Gasteiger partial charge in [-0.25, -0.2) is 9.97 Å². The molecule has 4 heteroatoms. The number of aromatic nitrogens is 3. The monoisotopic (exact) mass is 907 g/mol. The molecule has 1 aliphatic rings. The Hall–Kier alpha value is -9.12. The van der Waals surface area contributed by atoms with Gasteiger partial charge in [-0.05, 0) is 123 Å². The number of fused-ring (bicyclic) bond motifs is 9. The largest absolute Gasteiger partial charge is 0.456 e. The Morgan fingerprint density at radius 2 is 1.06 bits per heavy atom. The van der Waals surface area contributed by atoms with Crippen LogP contribution in [0, 0.1) is 0 Å². The molecule has 334 valence electrons. The van der Waals surface area contributed by atoms with Crippen molar-refractivity contribution >= 4 is 43.9 Å². The van der Waals surface area contributed by atoms with E-state index in [1.165, 1.54) is 44.5 Å². The van der Waals surface area contributed by atoms with E-state index in [9.17, 15) is 0 Å². The lowest BCUT2D eigenvalue weighted by Crippen LogP contribution is -2.03. The van der Waals surface area contributed by atoms with Crippen LogP contribution in [0.1, 0.15) is 29.0 Å². The zero-order chi connectivity index (χ0) is 46.8. The third kappa shape index (κ3) is 6.98. The van der Waals surface area contributed by atoms with Gasteiger partial charge >= 0.3 is 0 Å². The highest BCUT2D eigenvalue weighted by molar-refractivity contribution is 6.16. The average molecular weight is 908 g/mol. The first-order valence-corrected chi connectivity index (χ1v) is 24.6. The molecule has 4 nitrogen and oxygen atoms in total. The van der Waals surface area contributed by atoms with E-state index in [-0.39, 0.29) is 5.92 Å². The van der Waals surface area contributed by atoms with Gasteiger partial charge in [0.15, 0.2) is 5.82 Å². The highest BCUT2D eigenvalue weighted by Gasteiger charge is 2.26. The molecule has 0 radical (unpaired) electrons. The maximum Gasteiger partial charge on any atom is 0.160 e. The maximum atomic E-state index is 6.69. The lowest BCUT2D eigenvalue weighted by Gasteiger charge is -2.20. The van der Waals surface area contributed by atoms with Gasteiger partial charge in [-0.1, -0.05) is 194 Å². The second kappa shape index (κ2) is 16.8. The molecule has 0 bridgehead atoms. The van der Waals surface area contributed by atoms with Crippen molar-refractivity contribution in [3.63, 3.8) is 0 Å². The predicted molar refractivity (Wildman–Crippen MR) is 293 cm³/mol. The molecule has 0 saturated heterocycles. The maximum absolute atomic E-state index is 6.69. The van der Waals surface area contributed by atoms with Gasteiger partial charge in [0, 0.05) is 38.9 Å². The highest BCUT2D eigenvalue weighted by Crippen LogP contribution is 2.46. The first-order chi connectivity index (χ1) is 35.2. The molecule has 0 fully saturated rings. The summed E-state index contributed by atoms with van der Waals surface area (Å²) >= 11 is 0. The van der Waals surface area contributed by atoms with Crippen molar-refractivity contribution in [3.8, 4) is 72.8 Å². The van der Waals surface area contributed by atoms with Crippen LogP contribution in [0.3, 0.4) is 0 Å². The molecule has 0 N–H and O–H groups in total. The molecule has 14 rings (SSSR count). The molecular formula is C67H45N3O. The van der Waals surface area contributed by atoms with E-state index in [2.05, 4.69) is 229 Å².